The zero-order valence-electron chi connectivity index (χ0n) is 13.7. The summed E-state index contributed by atoms with van der Waals surface area (Å²) >= 11 is 0. The number of nitrogens with one attached hydrogen (secondary N) is 2. The predicted octanol–water partition coefficient (Wildman–Crippen LogP) is 2.70. The molecule has 0 unspecified atom stereocenters. The van der Waals surface area contributed by atoms with E-state index in [0.29, 0.717) is 11.6 Å². The van der Waals surface area contributed by atoms with Gasteiger partial charge in [0, 0.05) is 24.1 Å². The van der Waals surface area contributed by atoms with Gasteiger partial charge in [0.15, 0.2) is 5.65 Å². The van der Waals surface area contributed by atoms with E-state index in [1.54, 1.807) is 4.52 Å². The molecule has 7 nitrogen and oxygen atoms in total. The van der Waals surface area contributed by atoms with Crippen molar-refractivity contribution in [1.29, 1.82) is 0 Å². The highest BCUT2D eigenvalue weighted by atomic mass is 16.2. The minimum absolute atomic E-state index is 0.0166. The minimum atomic E-state index is -0.109. The monoisotopic (exact) mass is 335 g/mol. The van der Waals surface area contributed by atoms with Crippen LogP contribution in [0.5, 0.6) is 0 Å². The van der Waals surface area contributed by atoms with Crippen molar-refractivity contribution in [3.63, 3.8) is 0 Å². The van der Waals surface area contributed by atoms with Crippen LogP contribution in [0.3, 0.4) is 0 Å². The van der Waals surface area contributed by atoms with Gasteiger partial charge >= 0.3 is 0 Å². The molecule has 4 rings (SSSR count). The number of nitrogens with zero attached hydrogens (tertiary/aromatic N) is 3. The van der Waals surface area contributed by atoms with Gasteiger partial charge in [0.1, 0.15) is 0 Å². The number of benzene rings is 1. The summed E-state index contributed by atoms with van der Waals surface area (Å²) in [7, 11) is 0. The second-order valence-electron chi connectivity index (χ2n) is 6.14. The second kappa shape index (κ2) is 6.01. The van der Waals surface area contributed by atoms with Crippen LogP contribution in [0, 0.1) is 5.92 Å². The third-order valence-corrected chi connectivity index (χ3v) is 4.04. The van der Waals surface area contributed by atoms with Gasteiger partial charge in [0.05, 0.1) is 5.69 Å². The number of carbonyl (C=O) groups excluding carboxylic acids is 2. The van der Waals surface area contributed by atoms with Gasteiger partial charge < -0.3 is 5.32 Å². The zero-order valence-corrected chi connectivity index (χ0v) is 13.7. The van der Waals surface area contributed by atoms with Crippen LogP contribution in [0.25, 0.3) is 16.9 Å². The molecule has 2 amide bonds. The molecule has 3 aromatic rings. The molecule has 2 N–H and O–H groups in total. The molecular weight excluding hydrogens is 318 g/mol. The maximum Gasteiger partial charge on any atom is 0.249 e. The number of carbonyl (C=O) groups is 2. The van der Waals surface area contributed by atoms with Gasteiger partial charge in [-0.25, -0.2) is 4.52 Å². The molecular formula is C18H17N5O2. The lowest BCUT2D eigenvalue weighted by molar-refractivity contribution is -0.117. The molecule has 1 aliphatic carbocycles. The fourth-order valence-electron chi connectivity index (χ4n) is 2.66. The van der Waals surface area contributed by atoms with Gasteiger partial charge in [0.2, 0.25) is 17.8 Å². The first-order valence-corrected chi connectivity index (χ1v) is 8.15. The highest BCUT2D eigenvalue weighted by Crippen LogP contribution is 2.30. The van der Waals surface area contributed by atoms with Gasteiger partial charge in [-0.15, -0.1) is 5.10 Å². The first-order valence-electron chi connectivity index (χ1n) is 8.15. The Balaban J connectivity index is 1.65. The third kappa shape index (κ3) is 3.21. The summed E-state index contributed by atoms with van der Waals surface area (Å²) in [5.41, 5.74) is 3.19. The van der Waals surface area contributed by atoms with Crippen molar-refractivity contribution in [1.82, 2.24) is 14.6 Å². The molecule has 0 saturated heterocycles. The SMILES string of the molecule is CC(=O)Nc1ccc(-c2cccc3nc(NC(=O)C4CC4)nn23)cc1. The van der Waals surface area contributed by atoms with Crippen LogP contribution in [-0.4, -0.2) is 26.4 Å². The van der Waals surface area contributed by atoms with Crippen molar-refractivity contribution in [2.45, 2.75) is 19.8 Å². The highest BCUT2D eigenvalue weighted by molar-refractivity contribution is 5.92. The van der Waals surface area contributed by atoms with E-state index < -0.39 is 0 Å². The Morgan fingerprint density at radius 2 is 1.84 bits per heavy atom. The Kier molecular flexibility index (Phi) is 3.68. The number of pyridine rings is 1. The summed E-state index contributed by atoms with van der Waals surface area (Å²) in [6, 6.07) is 13.2. The van der Waals surface area contributed by atoms with Crippen molar-refractivity contribution >= 4 is 29.1 Å². The topological polar surface area (TPSA) is 88.4 Å². The fraction of sp³-hybridized carbons (Fsp3) is 0.222. The van der Waals surface area contributed by atoms with E-state index in [2.05, 4.69) is 20.7 Å². The maximum absolute atomic E-state index is 11.9. The Labute approximate surface area is 144 Å². The molecule has 0 radical (unpaired) electrons. The Bertz CT molecular complexity index is 957. The lowest BCUT2D eigenvalue weighted by Crippen LogP contribution is -2.14. The van der Waals surface area contributed by atoms with E-state index in [9.17, 15) is 9.59 Å². The van der Waals surface area contributed by atoms with Gasteiger partial charge in [-0.2, -0.15) is 4.98 Å². The van der Waals surface area contributed by atoms with E-state index in [1.807, 2.05) is 42.5 Å². The summed E-state index contributed by atoms with van der Waals surface area (Å²) in [6.45, 7) is 1.47. The zero-order chi connectivity index (χ0) is 17.4. The molecule has 25 heavy (non-hydrogen) atoms. The van der Waals surface area contributed by atoms with E-state index in [4.69, 9.17) is 0 Å². The molecule has 1 aromatic carbocycles. The molecule has 2 heterocycles. The molecule has 0 bridgehead atoms. The average molecular weight is 335 g/mol. The summed E-state index contributed by atoms with van der Waals surface area (Å²) in [5.74, 6) is 0.297. The van der Waals surface area contributed by atoms with Crippen LogP contribution in [0.1, 0.15) is 19.8 Å². The fourth-order valence-corrected chi connectivity index (χ4v) is 2.66. The highest BCUT2D eigenvalue weighted by Gasteiger charge is 2.30. The van der Waals surface area contributed by atoms with Crippen LogP contribution in [0.2, 0.25) is 0 Å². The summed E-state index contributed by atoms with van der Waals surface area (Å²) < 4.78 is 1.70. The molecule has 1 saturated carbocycles. The van der Waals surface area contributed by atoms with E-state index in [-0.39, 0.29) is 17.7 Å². The Morgan fingerprint density at radius 3 is 2.52 bits per heavy atom. The lowest BCUT2D eigenvalue weighted by atomic mass is 10.1. The summed E-state index contributed by atoms with van der Waals surface area (Å²) in [4.78, 5) is 27.4. The largest absolute Gasteiger partial charge is 0.326 e. The number of aromatic nitrogens is 3. The number of hydrogen-bond acceptors (Lipinski definition) is 4. The predicted molar refractivity (Wildman–Crippen MR) is 94.1 cm³/mol. The van der Waals surface area contributed by atoms with Gasteiger partial charge in [-0.3, -0.25) is 14.9 Å². The average Bonchev–Trinajstić information content (AvgIpc) is 3.35. The van der Waals surface area contributed by atoms with Crippen molar-refractivity contribution in [3.8, 4) is 11.3 Å². The summed E-state index contributed by atoms with van der Waals surface area (Å²) in [6.07, 6.45) is 1.87. The van der Waals surface area contributed by atoms with E-state index in [0.717, 1.165) is 29.8 Å². The standard InChI is InChI=1S/C18H17N5O2/c1-11(24)19-14-9-7-12(8-10-14)15-3-2-4-16-20-18(22-23(15)16)21-17(25)13-5-6-13/h2-4,7-10,13H,5-6H2,1H3,(H,19,24)(H,21,22,25). The van der Waals surface area contributed by atoms with Crippen LogP contribution >= 0.6 is 0 Å². The molecule has 126 valence electrons. The van der Waals surface area contributed by atoms with E-state index >= 15 is 0 Å². The maximum atomic E-state index is 11.9. The van der Waals surface area contributed by atoms with Crippen molar-refractivity contribution in [2.24, 2.45) is 5.92 Å². The third-order valence-electron chi connectivity index (χ3n) is 4.04. The molecule has 7 heteroatoms. The quantitative estimate of drug-likeness (QED) is 0.767. The molecule has 0 aliphatic heterocycles. The summed E-state index contributed by atoms with van der Waals surface area (Å²) in [5, 5.41) is 9.93. The number of anilines is 2. The van der Waals surface area contributed by atoms with Gasteiger partial charge in [-0.1, -0.05) is 18.2 Å². The Hall–Kier alpha value is -3.22. The number of amides is 2. The number of rotatable bonds is 4. The van der Waals surface area contributed by atoms with Gasteiger partial charge in [0.25, 0.3) is 0 Å². The normalized spacial score (nSPS) is 13.6. The van der Waals surface area contributed by atoms with Crippen molar-refractivity contribution < 1.29 is 9.59 Å². The van der Waals surface area contributed by atoms with Crippen LogP contribution in [-0.2, 0) is 9.59 Å². The van der Waals surface area contributed by atoms with Gasteiger partial charge in [-0.05, 0) is 37.1 Å². The van der Waals surface area contributed by atoms with Crippen LogP contribution in [0.4, 0.5) is 11.6 Å². The molecule has 1 aliphatic rings. The van der Waals surface area contributed by atoms with Crippen LogP contribution in [0.15, 0.2) is 42.5 Å². The molecule has 2 aromatic heterocycles. The van der Waals surface area contributed by atoms with Crippen LogP contribution < -0.4 is 10.6 Å². The lowest BCUT2D eigenvalue weighted by Gasteiger charge is -2.06. The molecule has 0 atom stereocenters. The molecule has 0 spiro atoms. The minimum Gasteiger partial charge on any atom is -0.326 e. The van der Waals surface area contributed by atoms with Crippen molar-refractivity contribution in [3.05, 3.63) is 42.5 Å². The molecule has 1 fully saturated rings. The second-order valence-corrected chi connectivity index (χ2v) is 6.14. The first-order chi connectivity index (χ1) is 12.1. The smallest absolute Gasteiger partial charge is 0.249 e. The number of fused-ring (bicyclic) bond motifs is 1. The number of hydrogen-bond donors (Lipinski definition) is 2. The Morgan fingerprint density at radius 1 is 1.08 bits per heavy atom. The first kappa shape index (κ1) is 15.3. The van der Waals surface area contributed by atoms with Crippen molar-refractivity contribution in [2.75, 3.05) is 10.6 Å². The van der Waals surface area contributed by atoms with E-state index in [1.165, 1.54) is 6.92 Å².